The molecule has 1 aromatic heterocycles. The maximum absolute atomic E-state index is 12.4. The maximum atomic E-state index is 12.4. The number of fused-ring (bicyclic) bond motifs is 1. The van der Waals surface area contributed by atoms with Gasteiger partial charge in [-0.25, -0.2) is 9.97 Å². The van der Waals surface area contributed by atoms with Gasteiger partial charge in [0.1, 0.15) is 6.10 Å². The number of carbonyl (C=O) groups is 1. The summed E-state index contributed by atoms with van der Waals surface area (Å²) in [6.45, 7) is 1.47. The first-order chi connectivity index (χ1) is 13.3. The number of amides is 1. The molecule has 0 spiro atoms. The van der Waals surface area contributed by atoms with Crippen LogP contribution < -0.4 is 4.74 Å². The Morgan fingerprint density at radius 3 is 2.48 bits per heavy atom. The van der Waals surface area contributed by atoms with Crippen LogP contribution in [0.3, 0.4) is 0 Å². The molecule has 0 saturated carbocycles. The van der Waals surface area contributed by atoms with E-state index in [4.69, 9.17) is 4.74 Å². The van der Waals surface area contributed by atoms with Gasteiger partial charge in [-0.05, 0) is 24.1 Å². The zero-order valence-corrected chi connectivity index (χ0v) is 15.3. The van der Waals surface area contributed by atoms with Gasteiger partial charge < -0.3 is 9.64 Å². The number of aromatic nitrogens is 2. The number of rotatable bonds is 5. The quantitative estimate of drug-likeness (QED) is 0.696. The van der Waals surface area contributed by atoms with E-state index in [0.29, 0.717) is 12.3 Å². The Morgan fingerprint density at radius 2 is 1.70 bits per heavy atom. The number of aryl methyl sites for hydroxylation is 1. The second kappa shape index (κ2) is 8.16. The lowest BCUT2D eigenvalue weighted by molar-refractivity contribution is -0.132. The van der Waals surface area contributed by atoms with Crippen LogP contribution in [0.2, 0.25) is 0 Å². The zero-order valence-electron chi connectivity index (χ0n) is 15.3. The molecule has 0 N–H and O–H groups in total. The van der Waals surface area contributed by atoms with Gasteiger partial charge in [-0.1, -0.05) is 42.5 Å². The second-order valence-corrected chi connectivity index (χ2v) is 6.88. The molecule has 0 radical (unpaired) electrons. The number of carbonyl (C=O) groups excluding carboxylic acids is 1. The Labute approximate surface area is 159 Å². The Bertz CT molecular complexity index is 906. The van der Waals surface area contributed by atoms with E-state index in [1.165, 1.54) is 5.56 Å². The van der Waals surface area contributed by atoms with Crippen LogP contribution in [0.4, 0.5) is 0 Å². The lowest BCUT2D eigenvalue weighted by Crippen LogP contribution is -2.41. The molecule has 1 saturated heterocycles. The van der Waals surface area contributed by atoms with E-state index in [-0.39, 0.29) is 12.0 Å². The van der Waals surface area contributed by atoms with Crippen molar-refractivity contribution in [2.45, 2.75) is 31.8 Å². The van der Waals surface area contributed by atoms with E-state index in [2.05, 4.69) is 22.1 Å². The number of benzene rings is 2. The van der Waals surface area contributed by atoms with Gasteiger partial charge >= 0.3 is 0 Å². The van der Waals surface area contributed by atoms with Gasteiger partial charge in [0.15, 0.2) is 0 Å². The molecule has 1 fully saturated rings. The summed E-state index contributed by atoms with van der Waals surface area (Å²) in [6, 6.07) is 17.9. The second-order valence-electron chi connectivity index (χ2n) is 6.88. The molecule has 27 heavy (non-hydrogen) atoms. The van der Waals surface area contributed by atoms with Crippen molar-refractivity contribution in [3.05, 3.63) is 66.4 Å². The third-order valence-electron chi connectivity index (χ3n) is 4.98. The van der Waals surface area contributed by atoms with Crippen LogP contribution in [0.25, 0.3) is 11.0 Å². The van der Waals surface area contributed by atoms with Crippen LogP contribution in [0.1, 0.15) is 24.8 Å². The highest BCUT2D eigenvalue weighted by Crippen LogP contribution is 2.19. The first-order valence-corrected chi connectivity index (χ1v) is 9.48. The molecule has 138 valence electrons. The van der Waals surface area contributed by atoms with E-state index in [1.807, 2.05) is 47.4 Å². The Balaban J connectivity index is 1.27. The number of para-hydroxylation sites is 2. The molecular weight excluding hydrogens is 338 g/mol. The molecule has 5 heteroatoms. The van der Waals surface area contributed by atoms with Crippen LogP contribution >= 0.6 is 0 Å². The normalized spacial score (nSPS) is 15.0. The van der Waals surface area contributed by atoms with Crippen molar-refractivity contribution in [1.82, 2.24) is 14.9 Å². The fraction of sp³-hybridized carbons (Fsp3) is 0.318. The van der Waals surface area contributed by atoms with Crippen LogP contribution in [-0.2, 0) is 11.2 Å². The highest BCUT2D eigenvalue weighted by molar-refractivity contribution is 5.76. The van der Waals surface area contributed by atoms with Gasteiger partial charge in [0.2, 0.25) is 11.8 Å². The molecule has 0 unspecified atom stereocenters. The minimum atomic E-state index is 0.0821. The monoisotopic (exact) mass is 361 g/mol. The molecule has 0 bridgehead atoms. The Morgan fingerprint density at radius 1 is 1.00 bits per heavy atom. The molecule has 2 heterocycles. The van der Waals surface area contributed by atoms with Crippen LogP contribution in [0, 0.1) is 0 Å². The summed E-state index contributed by atoms with van der Waals surface area (Å²) in [5.41, 5.74) is 2.91. The van der Waals surface area contributed by atoms with Crippen LogP contribution in [0.15, 0.2) is 60.8 Å². The standard InChI is InChI=1S/C22H23N3O2/c26-22(11-10-17-6-2-1-3-7-17)25-14-12-18(13-15-25)27-21-16-23-19-8-4-5-9-20(19)24-21/h1-9,16,18H,10-15H2. The highest BCUT2D eigenvalue weighted by Gasteiger charge is 2.24. The zero-order chi connectivity index (χ0) is 18.5. The molecule has 3 aromatic rings. The average Bonchev–Trinajstić information content (AvgIpc) is 2.73. The fourth-order valence-electron chi connectivity index (χ4n) is 3.44. The van der Waals surface area contributed by atoms with Crippen molar-refractivity contribution >= 4 is 16.9 Å². The Hall–Kier alpha value is -2.95. The molecule has 1 aliphatic heterocycles. The minimum absolute atomic E-state index is 0.0821. The van der Waals surface area contributed by atoms with Crippen molar-refractivity contribution in [2.75, 3.05) is 13.1 Å². The molecule has 0 aliphatic carbocycles. The summed E-state index contributed by atoms with van der Waals surface area (Å²) >= 11 is 0. The molecule has 4 rings (SSSR count). The summed E-state index contributed by atoms with van der Waals surface area (Å²) in [6.07, 6.45) is 4.77. The number of nitrogens with zero attached hydrogens (tertiary/aromatic N) is 3. The fourth-order valence-corrected chi connectivity index (χ4v) is 3.44. The summed E-state index contributed by atoms with van der Waals surface area (Å²) < 4.78 is 6.01. The Kier molecular flexibility index (Phi) is 5.28. The molecular formula is C22H23N3O2. The van der Waals surface area contributed by atoms with Crippen molar-refractivity contribution in [1.29, 1.82) is 0 Å². The third kappa shape index (κ3) is 4.42. The molecule has 2 aromatic carbocycles. The number of ether oxygens (including phenoxy) is 1. The van der Waals surface area contributed by atoms with Crippen LogP contribution in [0.5, 0.6) is 5.88 Å². The maximum Gasteiger partial charge on any atom is 0.233 e. The van der Waals surface area contributed by atoms with Gasteiger partial charge in [-0.2, -0.15) is 0 Å². The highest BCUT2D eigenvalue weighted by atomic mass is 16.5. The van der Waals surface area contributed by atoms with Gasteiger partial charge in [-0.3, -0.25) is 4.79 Å². The van der Waals surface area contributed by atoms with Crippen molar-refractivity contribution in [3.63, 3.8) is 0 Å². The van der Waals surface area contributed by atoms with E-state index >= 15 is 0 Å². The van der Waals surface area contributed by atoms with Gasteiger partial charge in [0.25, 0.3) is 0 Å². The average molecular weight is 361 g/mol. The predicted molar refractivity (Wildman–Crippen MR) is 105 cm³/mol. The summed E-state index contributed by atoms with van der Waals surface area (Å²) in [7, 11) is 0. The predicted octanol–water partition coefficient (Wildman–Crippen LogP) is 3.63. The SMILES string of the molecule is O=C(CCc1ccccc1)N1CCC(Oc2cnc3ccccc3n2)CC1. The molecule has 1 amide bonds. The smallest absolute Gasteiger partial charge is 0.233 e. The van der Waals surface area contributed by atoms with Gasteiger partial charge in [0.05, 0.1) is 17.2 Å². The van der Waals surface area contributed by atoms with Crippen molar-refractivity contribution in [3.8, 4) is 5.88 Å². The van der Waals surface area contributed by atoms with Crippen molar-refractivity contribution < 1.29 is 9.53 Å². The molecule has 1 aliphatic rings. The van der Waals surface area contributed by atoms with E-state index < -0.39 is 0 Å². The first-order valence-electron chi connectivity index (χ1n) is 9.48. The third-order valence-corrected chi connectivity index (χ3v) is 4.98. The summed E-state index contributed by atoms with van der Waals surface area (Å²) in [5.74, 6) is 0.783. The number of likely N-dealkylation sites (tertiary alicyclic amines) is 1. The topological polar surface area (TPSA) is 55.3 Å². The molecule has 0 atom stereocenters. The number of hydrogen-bond donors (Lipinski definition) is 0. The number of hydrogen-bond acceptors (Lipinski definition) is 4. The van der Waals surface area contributed by atoms with E-state index in [1.54, 1.807) is 6.20 Å². The van der Waals surface area contributed by atoms with Gasteiger partial charge in [-0.15, -0.1) is 0 Å². The van der Waals surface area contributed by atoms with Crippen molar-refractivity contribution in [2.24, 2.45) is 0 Å². The van der Waals surface area contributed by atoms with Gasteiger partial charge in [0, 0.05) is 32.4 Å². The lowest BCUT2D eigenvalue weighted by Gasteiger charge is -2.32. The van der Waals surface area contributed by atoms with E-state index in [9.17, 15) is 4.79 Å². The lowest BCUT2D eigenvalue weighted by atomic mass is 10.1. The largest absolute Gasteiger partial charge is 0.473 e. The van der Waals surface area contributed by atoms with E-state index in [0.717, 1.165) is 43.4 Å². The summed E-state index contributed by atoms with van der Waals surface area (Å²) in [5, 5.41) is 0. The number of piperidine rings is 1. The summed E-state index contributed by atoms with van der Waals surface area (Å²) in [4.78, 5) is 23.3. The van der Waals surface area contributed by atoms with Crippen LogP contribution in [-0.4, -0.2) is 40.0 Å². The molecule has 5 nitrogen and oxygen atoms in total. The first kappa shape index (κ1) is 17.5. The minimum Gasteiger partial charge on any atom is -0.473 e.